The van der Waals surface area contributed by atoms with Crippen LogP contribution in [0.5, 0.6) is 5.75 Å². The lowest BCUT2D eigenvalue weighted by atomic mass is 10.3. The van der Waals surface area contributed by atoms with Gasteiger partial charge in [0.25, 0.3) is 5.91 Å². The number of benzene rings is 2. The second-order valence-corrected chi connectivity index (χ2v) is 6.05. The molecule has 0 saturated carbocycles. The van der Waals surface area contributed by atoms with Crippen LogP contribution in [0.15, 0.2) is 54.7 Å². The molecule has 0 radical (unpaired) electrons. The van der Waals surface area contributed by atoms with Crippen LogP contribution in [0, 0.1) is 0 Å². The zero-order chi connectivity index (χ0) is 18.5. The van der Waals surface area contributed by atoms with Crippen LogP contribution in [0.4, 0.5) is 17.3 Å². The SMILES string of the molecule is COc1ccc(Nc2nccc(C(=O)Nc3cccc(Cl)c3)n2)cc1Cl. The molecule has 2 aromatic carbocycles. The van der Waals surface area contributed by atoms with Crippen LogP contribution >= 0.6 is 23.2 Å². The minimum atomic E-state index is -0.370. The summed E-state index contributed by atoms with van der Waals surface area (Å²) in [5.41, 5.74) is 1.46. The molecule has 1 amide bonds. The van der Waals surface area contributed by atoms with Crippen LogP contribution in [0.2, 0.25) is 10.0 Å². The van der Waals surface area contributed by atoms with Gasteiger partial charge in [-0.25, -0.2) is 9.97 Å². The van der Waals surface area contributed by atoms with Crippen molar-refractivity contribution >= 4 is 46.4 Å². The Morgan fingerprint density at radius 1 is 1.08 bits per heavy atom. The third kappa shape index (κ3) is 4.41. The number of halogens is 2. The molecule has 1 aromatic heterocycles. The van der Waals surface area contributed by atoms with Crippen molar-refractivity contribution in [3.63, 3.8) is 0 Å². The lowest BCUT2D eigenvalue weighted by Gasteiger charge is -2.09. The van der Waals surface area contributed by atoms with E-state index in [0.717, 1.165) is 0 Å². The van der Waals surface area contributed by atoms with Crippen LogP contribution in [-0.4, -0.2) is 23.0 Å². The zero-order valence-electron chi connectivity index (χ0n) is 13.7. The molecule has 0 aliphatic heterocycles. The first-order valence-corrected chi connectivity index (χ1v) is 8.31. The molecule has 6 nitrogen and oxygen atoms in total. The van der Waals surface area contributed by atoms with E-state index in [1.165, 1.54) is 12.3 Å². The Morgan fingerprint density at radius 3 is 2.65 bits per heavy atom. The Hall–Kier alpha value is -2.83. The summed E-state index contributed by atoms with van der Waals surface area (Å²) < 4.78 is 5.11. The molecule has 0 aliphatic carbocycles. The molecule has 0 unspecified atom stereocenters. The average molecular weight is 389 g/mol. The van der Waals surface area contributed by atoms with E-state index in [1.807, 2.05) is 0 Å². The molecule has 3 aromatic rings. The quantitative estimate of drug-likeness (QED) is 0.656. The van der Waals surface area contributed by atoms with E-state index < -0.39 is 0 Å². The standard InChI is InChI=1S/C18H14Cl2N4O2/c1-26-16-6-5-13(10-14(16)20)23-18-21-8-7-15(24-18)17(25)22-12-4-2-3-11(19)9-12/h2-10H,1H3,(H,22,25)(H,21,23,24). The van der Waals surface area contributed by atoms with Gasteiger partial charge >= 0.3 is 0 Å². The molecule has 26 heavy (non-hydrogen) atoms. The zero-order valence-corrected chi connectivity index (χ0v) is 15.2. The minimum Gasteiger partial charge on any atom is -0.495 e. The second-order valence-electron chi connectivity index (χ2n) is 5.20. The van der Waals surface area contributed by atoms with Crippen molar-refractivity contribution in [3.05, 3.63) is 70.5 Å². The van der Waals surface area contributed by atoms with E-state index in [1.54, 1.807) is 49.6 Å². The Labute approximate surface area is 160 Å². The number of amides is 1. The second kappa shape index (κ2) is 8.03. The summed E-state index contributed by atoms with van der Waals surface area (Å²) in [6.07, 6.45) is 1.49. The van der Waals surface area contributed by atoms with Crippen molar-refractivity contribution in [1.82, 2.24) is 9.97 Å². The van der Waals surface area contributed by atoms with Crippen LogP contribution < -0.4 is 15.4 Å². The molecular formula is C18H14Cl2N4O2. The predicted octanol–water partition coefficient (Wildman–Crippen LogP) is 4.79. The fraction of sp³-hybridized carbons (Fsp3) is 0.0556. The number of carbonyl (C=O) groups is 1. The number of carbonyl (C=O) groups excluding carboxylic acids is 1. The third-order valence-electron chi connectivity index (χ3n) is 3.38. The van der Waals surface area contributed by atoms with Gasteiger partial charge < -0.3 is 15.4 Å². The Bertz CT molecular complexity index is 950. The number of methoxy groups -OCH3 is 1. The van der Waals surface area contributed by atoms with Crippen molar-refractivity contribution in [2.45, 2.75) is 0 Å². The Balaban J connectivity index is 1.75. The normalized spacial score (nSPS) is 10.3. The van der Waals surface area contributed by atoms with Gasteiger partial charge in [-0.15, -0.1) is 0 Å². The Kier molecular flexibility index (Phi) is 5.55. The van der Waals surface area contributed by atoms with Gasteiger partial charge in [0, 0.05) is 22.6 Å². The average Bonchev–Trinajstić information content (AvgIpc) is 2.62. The number of aromatic nitrogens is 2. The lowest BCUT2D eigenvalue weighted by Crippen LogP contribution is -2.14. The molecular weight excluding hydrogens is 375 g/mol. The number of rotatable bonds is 5. The van der Waals surface area contributed by atoms with Gasteiger partial charge in [-0.05, 0) is 42.5 Å². The minimum absolute atomic E-state index is 0.210. The van der Waals surface area contributed by atoms with E-state index in [-0.39, 0.29) is 17.5 Å². The maximum absolute atomic E-state index is 12.4. The largest absolute Gasteiger partial charge is 0.495 e. The lowest BCUT2D eigenvalue weighted by molar-refractivity contribution is 0.102. The highest BCUT2D eigenvalue weighted by atomic mass is 35.5. The molecule has 1 heterocycles. The summed E-state index contributed by atoms with van der Waals surface area (Å²) in [5.74, 6) is 0.461. The van der Waals surface area contributed by atoms with Crippen molar-refractivity contribution in [2.75, 3.05) is 17.7 Å². The third-order valence-corrected chi connectivity index (χ3v) is 3.91. The van der Waals surface area contributed by atoms with E-state index in [9.17, 15) is 4.79 Å². The van der Waals surface area contributed by atoms with Gasteiger partial charge in [-0.1, -0.05) is 29.3 Å². The van der Waals surface area contributed by atoms with Gasteiger partial charge in [-0.2, -0.15) is 0 Å². The maximum Gasteiger partial charge on any atom is 0.274 e. The molecule has 132 valence electrons. The van der Waals surface area contributed by atoms with E-state index in [2.05, 4.69) is 20.6 Å². The van der Waals surface area contributed by atoms with E-state index in [0.29, 0.717) is 27.2 Å². The molecule has 0 atom stereocenters. The molecule has 2 N–H and O–H groups in total. The number of nitrogens with one attached hydrogen (secondary N) is 2. The summed E-state index contributed by atoms with van der Waals surface area (Å²) in [6, 6.07) is 13.6. The van der Waals surface area contributed by atoms with Crippen molar-refractivity contribution < 1.29 is 9.53 Å². The molecule has 0 fully saturated rings. The van der Waals surface area contributed by atoms with Gasteiger partial charge in [0.1, 0.15) is 11.4 Å². The fourth-order valence-corrected chi connectivity index (χ4v) is 2.63. The van der Waals surface area contributed by atoms with Crippen LogP contribution in [0.1, 0.15) is 10.5 Å². The van der Waals surface area contributed by atoms with Gasteiger partial charge in [0.15, 0.2) is 0 Å². The molecule has 8 heteroatoms. The van der Waals surface area contributed by atoms with Crippen LogP contribution in [-0.2, 0) is 0 Å². The number of anilines is 3. The van der Waals surface area contributed by atoms with Gasteiger partial charge in [-0.3, -0.25) is 4.79 Å². The summed E-state index contributed by atoms with van der Waals surface area (Å²) >= 11 is 12.0. The molecule has 0 saturated heterocycles. The highest BCUT2D eigenvalue weighted by Gasteiger charge is 2.10. The molecule has 0 bridgehead atoms. The van der Waals surface area contributed by atoms with E-state index in [4.69, 9.17) is 27.9 Å². The first kappa shape index (κ1) is 18.0. The topological polar surface area (TPSA) is 76.1 Å². The molecule has 3 rings (SSSR count). The Morgan fingerprint density at radius 2 is 1.92 bits per heavy atom. The number of ether oxygens (including phenoxy) is 1. The van der Waals surface area contributed by atoms with Crippen LogP contribution in [0.25, 0.3) is 0 Å². The fourth-order valence-electron chi connectivity index (χ4n) is 2.18. The predicted molar refractivity (Wildman–Crippen MR) is 103 cm³/mol. The number of nitrogens with zero attached hydrogens (tertiary/aromatic N) is 2. The first-order valence-electron chi connectivity index (χ1n) is 7.55. The van der Waals surface area contributed by atoms with Crippen LogP contribution in [0.3, 0.4) is 0 Å². The smallest absolute Gasteiger partial charge is 0.274 e. The van der Waals surface area contributed by atoms with Gasteiger partial charge in [0.05, 0.1) is 12.1 Å². The van der Waals surface area contributed by atoms with Crippen molar-refractivity contribution in [1.29, 1.82) is 0 Å². The molecule has 0 spiro atoms. The van der Waals surface area contributed by atoms with E-state index >= 15 is 0 Å². The summed E-state index contributed by atoms with van der Waals surface area (Å²) in [5, 5.41) is 6.72. The molecule has 0 aliphatic rings. The van der Waals surface area contributed by atoms with Crippen molar-refractivity contribution in [2.24, 2.45) is 0 Å². The monoisotopic (exact) mass is 388 g/mol. The highest BCUT2D eigenvalue weighted by molar-refractivity contribution is 6.32. The number of hydrogen-bond donors (Lipinski definition) is 2. The maximum atomic E-state index is 12.4. The number of hydrogen-bond acceptors (Lipinski definition) is 5. The summed E-state index contributed by atoms with van der Waals surface area (Å²) in [6.45, 7) is 0. The van der Waals surface area contributed by atoms with Gasteiger partial charge in [0.2, 0.25) is 5.95 Å². The first-order chi connectivity index (χ1) is 12.5. The highest BCUT2D eigenvalue weighted by Crippen LogP contribution is 2.28. The summed E-state index contributed by atoms with van der Waals surface area (Å²) in [7, 11) is 1.54. The van der Waals surface area contributed by atoms with Crippen molar-refractivity contribution in [3.8, 4) is 5.75 Å². The summed E-state index contributed by atoms with van der Waals surface area (Å²) in [4.78, 5) is 20.7.